The summed E-state index contributed by atoms with van der Waals surface area (Å²) in [5.41, 5.74) is 2.85. The Labute approximate surface area is 148 Å². The van der Waals surface area contributed by atoms with E-state index < -0.39 is 5.97 Å². The summed E-state index contributed by atoms with van der Waals surface area (Å²) in [6, 6.07) is 8.75. The van der Waals surface area contributed by atoms with E-state index in [4.69, 9.17) is 5.11 Å². The van der Waals surface area contributed by atoms with E-state index in [1.54, 1.807) is 0 Å². The van der Waals surface area contributed by atoms with Crippen molar-refractivity contribution in [1.29, 1.82) is 0 Å². The molecule has 1 N–H and O–H groups in total. The van der Waals surface area contributed by atoms with E-state index in [2.05, 4.69) is 43.3 Å². The van der Waals surface area contributed by atoms with Gasteiger partial charge < -0.3 is 5.11 Å². The highest BCUT2D eigenvalue weighted by Gasteiger charge is 1.98. The van der Waals surface area contributed by atoms with Crippen molar-refractivity contribution in [2.24, 2.45) is 0 Å². The molecule has 0 fully saturated rings. The van der Waals surface area contributed by atoms with Crippen molar-refractivity contribution < 1.29 is 9.90 Å². The van der Waals surface area contributed by atoms with Crippen LogP contribution in [0, 0.1) is 0 Å². The molecule has 0 unspecified atom stereocenters. The topological polar surface area (TPSA) is 37.3 Å². The zero-order valence-electron chi connectivity index (χ0n) is 15.3. The molecule has 0 saturated heterocycles. The predicted molar refractivity (Wildman–Crippen MR) is 103 cm³/mol. The number of rotatable bonds is 14. The Morgan fingerprint density at radius 3 is 2.42 bits per heavy atom. The number of carboxylic acids is 1. The van der Waals surface area contributed by atoms with Gasteiger partial charge in [0.1, 0.15) is 0 Å². The summed E-state index contributed by atoms with van der Waals surface area (Å²) >= 11 is 0. The Hall–Kier alpha value is -1.57. The fourth-order valence-electron chi connectivity index (χ4n) is 2.95. The van der Waals surface area contributed by atoms with Gasteiger partial charge in [0.05, 0.1) is 0 Å². The lowest BCUT2D eigenvalue weighted by molar-refractivity contribution is -0.137. The number of allylic oxidation sites excluding steroid dienone is 1. The summed E-state index contributed by atoms with van der Waals surface area (Å²) < 4.78 is 0. The molecule has 0 aromatic heterocycles. The number of hydrogen-bond donors (Lipinski definition) is 1. The molecule has 0 atom stereocenters. The zero-order chi connectivity index (χ0) is 17.5. The van der Waals surface area contributed by atoms with E-state index in [0.717, 1.165) is 25.7 Å². The highest BCUT2D eigenvalue weighted by Crippen LogP contribution is 2.15. The third-order valence-electron chi connectivity index (χ3n) is 4.41. The Balaban J connectivity index is 2.15. The maximum atomic E-state index is 10.4. The minimum Gasteiger partial charge on any atom is -0.481 e. The van der Waals surface area contributed by atoms with Crippen molar-refractivity contribution in [2.45, 2.75) is 84.0 Å². The summed E-state index contributed by atoms with van der Waals surface area (Å²) in [4.78, 5) is 10.4. The van der Waals surface area contributed by atoms with Gasteiger partial charge in [-0.3, -0.25) is 4.79 Å². The van der Waals surface area contributed by atoms with Crippen LogP contribution in [0.2, 0.25) is 0 Å². The molecule has 0 amide bonds. The molecule has 2 nitrogen and oxygen atoms in total. The predicted octanol–water partition coefficient (Wildman–Crippen LogP) is 6.64. The SMILES string of the molecule is CCCCCc1ccccc1/C=C/CCCCCCCCC(=O)O. The maximum Gasteiger partial charge on any atom is 0.303 e. The molecule has 24 heavy (non-hydrogen) atoms. The third kappa shape index (κ3) is 10.3. The minimum atomic E-state index is -0.671. The lowest BCUT2D eigenvalue weighted by atomic mass is 10.0. The van der Waals surface area contributed by atoms with Crippen LogP contribution >= 0.6 is 0 Å². The highest BCUT2D eigenvalue weighted by atomic mass is 16.4. The number of hydrogen-bond acceptors (Lipinski definition) is 1. The molecule has 2 heteroatoms. The molecular formula is C22H34O2. The highest BCUT2D eigenvalue weighted by molar-refractivity contribution is 5.66. The molecule has 0 radical (unpaired) electrons. The van der Waals surface area contributed by atoms with E-state index in [0.29, 0.717) is 6.42 Å². The summed E-state index contributed by atoms with van der Waals surface area (Å²) in [7, 11) is 0. The van der Waals surface area contributed by atoms with Gasteiger partial charge in [0.2, 0.25) is 0 Å². The smallest absolute Gasteiger partial charge is 0.303 e. The first-order valence-electron chi connectivity index (χ1n) is 9.70. The first-order chi connectivity index (χ1) is 11.7. The second-order valence-corrected chi connectivity index (χ2v) is 6.61. The van der Waals surface area contributed by atoms with Crippen LogP contribution in [-0.2, 0) is 11.2 Å². The molecule has 0 bridgehead atoms. The summed E-state index contributed by atoms with van der Waals surface area (Å²) in [6.07, 6.45) is 17.8. The molecule has 0 saturated carbocycles. The van der Waals surface area contributed by atoms with Gasteiger partial charge >= 0.3 is 5.97 Å². The number of aliphatic carboxylic acids is 1. The maximum absolute atomic E-state index is 10.4. The van der Waals surface area contributed by atoms with Crippen LogP contribution in [0.25, 0.3) is 6.08 Å². The zero-order valence-corrected chi connectivity index (χ0v) is 15.3. The van der Waals surface area contributed by atoms with E-state index in [9.17, 15) is 4.79 Å². The molecule has 134 valence electrons. The molecule has 0 spiro atoms. The lowest BCUT2D eigenvalue weighted by Crippen LogP contribution is -1.93. The van der Waals surface area contributed by atoms with Gasteiger partial charge in [0, 0.05) is 6.42 Å². The van der Waals surface area contributed by atoms with Crippen LogP contribution in [0.1, 0.15) is 88.7 Å². The van der Waals surface area contributed by atoms with E-state index in [1.807, 2.05) is 0 Å². The van der Waals surface area contributed by atoms with Gasteiger partial charge in [0.25, 0.3) is 0 Å². The van der Waals surface area contributed by atoms with E-state index in [-0.39, 0.29) is 0 Å². The second-order valence-electron chi connectivity index (χ2n) is 6.61. The Morgan fingerprint density at radius 2 is 1.67 bits per heavy atom. The molecule has 1 aromatic carbocycles. The van der Waals surface area contributed by atoms with Crippen molar-refractivity contribution in [1.82, 2.24) is 0 Å². The average molecular weight is 331 g/mol. The van der Waals surface area contributed by atoms with Gasteiger partial charge in [0.15, 0.2) is 0 Å². The van der Waals surface area contributed by atoms with E-state index >= 15 is 0 Å². The second kappa shape index (κ2) is 13.8. The third-order valence-corrected chi connectivity index (χ3v) is 4.41. The Bertz CT molecular complexity index is 477. The number of unbranched alkanes of at least 4 members (excludes halogenated alkanes) is 8. The molecule has 1 rings (SSSR count). The van der Waals surface area contributed by atoms with E-state index in [1.165, 1.54) is 56.1 Å². The number of aryl methyl sites for hydroxylation is 1. The van der Waals surface area contributed by atoms with Crippen molar-refractivity contribution in [2.75, 3.05) is 0 Å². The van der Waals surface area contributed by atoms with Crippen LogP contribution in [0.5, 0.6) is 0 Å². The first-order valence-corrected chi connectivity index (χ1v) is 9.70. The number of carbonyl (C=O) groups is 1. The fraction of sp³-hybridized carbons (Fsp3) is 0.591. The lowest BCUT2D eigenvalue weighted by Gasteiger charge is -2.05. The summed E-state index contributed by atoms with van der Waals surface area (Å²) in [6.45, 7) is 2.25. The standard InChI is InChI=1S/C22H34O2/c1-2-3-10-15-20-17-13-14-18-21(20)16-11-8-6-4-5-7-9-12-19-22(23)24/h11,13-14,16-18H,2-10,12,15,19H2,1H3,(H,23,24)/b16-11+. The number of carboxylic acid groups (broad SMARTS) is 1. The largest absolute Gasteiger partial charge is 0.481 e. The molecule has 0 aliphatic carbocycles. The molecule has 0 aliphatic heterocycles. The quantitative estimate of drug-likeness (QED) is 0.388. The van der Waals surface area contributed by atoms with Crippen LogP contribution in [0.3, 0.4) is 0 Å². The van der Waals surface area contributed by atoms with Crippen LogP contribution in [0.4, 0.5) is 0 Å². The monoisotopic (exact) mass is 330 g/mol. The average Bonchev–Trinajstić information content (AvgIpc) is 2.57. The molecular weight excluding hydrogens is 296 g/mol. The van der Waals surface area contributed by atoms with Gasteiger partial charge in [-0.25, -0.2) is 0 Å². The van der Waals surface area contributed by atoms with Crippen molar-refractivity contribution >= 4 is 12.0 Å². The van der Waals surface area contributed by atoms with Gasteiger partial charge in [-0.2, -0.15) is 0 Å². The van der Waals surface area contributed by atoms with Crippen LogP contribution in [0.15, 0.2) is 30.3 Å². The van der Waals surface area contributed by atoms with Crippen LogP contribution < -0.4 is 0 Å². The summed E-state index contributed by atoms with van der Waals surface area (Å²) in [5, 5.41) is 8.58. The Morgan fingerprint density at radius 1 is 0.958 bits per heavy atom. The van der Waals surface area contributed by atoms with Crippen molar-refractivity contribution in [3.8, 4) is 0 Å². The van der Waals surface area contributed by atoms with Gasteiger partial charge in [-0.1, -0.05) is 81.9 Å². The molecule has 0 heterocycles. The van der Waals surface area contributed by atoms with Gasteiger partial charge in [-0.15, -0.1) is 0 Å². The molecule has 1 aromatic rings. The fourth-order valence-corrected chi connectivity index (χ4v) is 2.95. The van der Waals surface area contributed by atoms with Crippen molar-refractivity contribution in [3.63, 3.8) is 0 Å². The summed E-state index contributed by atoms with van der Waals surface area (Å²) in [5.74, 6) is -0.671. The van der Waals surface area contributed by atoms with Crippen molar-refractivity contribution in [3.05, 3.63) is 41.5 Å². The first kappa shape index (κ1) is 20.5. The normalized spacial score (nSPS) is 11.2. The minimum absolute atomic E-state index is 0.320. The van der Waals surface area contributed by atoms with Crippen LogP contribution in [-0.4, -0.2) is 11.1 Å². The Kier molecular flexibility index (Phi) is 11.8. The van der Waals surface area contributed by atoms with Gasteiger partial charge in [-0.05, 0) is 43.2 Å². The number of benzene rings is 1. The molecule has 0 aliphatic rings.